The van der Waals surface area contributed by atoms with Crippen LogP contribution < -0.4 is 5.32 Å². The summed E-state index contributed by atoms with van der Waals surface area (Å²) in [5, 5.41) is 3.64. The number of aromatic nitrogens is 1. The van der Waals surface area contributed by atoms with E-state index in [0.717, 1.165) is 40.6 Å². The van der Waals surface area contributed by atoms with Crippen LogP contribution in [0.15, 0.2) is 48.7 Å². The van der Waals surface area contributed by atoms with Crippen LogP contribution in [-0.2, 0) is 22.2 Å². The van der Waals surface area contributed by atoms with Crippen molar-refractivity contribution in [2.24, 2.45) is 5.92 Å². The van der Waals surface area contributed by atoms with E-state index in [9.17, 15) is 22.8 Å². The van der Waals surface area contributed by atoms with E-state index in [4.69, 9.17) is 0 Å². The number of Topliss-reactive ketones (excluding diaryl/α,β-unsaturated/α-hetero) is 1. The Hall–Kier alpha value is -3.09. The average molecular weight is 430 g/mol. The summed E-state index contributed by atoms with van der Waals surface area (Å²) in [6.45, 7) is 5.36. The fourth-order valence-electron chi connectivity index (χ4n) is 3.63. The lowest BCUT2D eigenvalue weighted by Gasteiger charge is -2.21. The molecule has 2 atom stereocenters. The first-order chi connectivity index (χ1) is 14.6. The molecule has 0 fully saturated rings. The van der Waals surface area contributed by atoms with Gasteiger partial charge in [-0.2, -0.15) is 13.2 Å². The molecule has 3 rings (SSSR count). The summed E-state index contributed by atoms with van der Waals surface area (Å²) in [6.07, 6.45) is -1.77. The maximum absolute atomic E-state index is 12.8. The number of alkyl halides is 3. The molecule has 0 aliphatic heterocycles. The van der Waals surface area contributed by atoms with Crippen molar-refractivity contribution in [3.63, 3.8) is 0 Å². The van der Waals surface area contributed by atoms with Crippen molar-refractivity contribution in [3.05, 3.63) is 59.8 Å². The van der Waals surface area contributed by atoms with E-state index in [0.29, 0.717) is 5.56 Å². The largest absolute Gasteiger partial charge is 0.416 e. The van der Waals surface area contributed by atoms with Crippen LogP contribution in [0.5, 0.6) is 0 Å². The highest BCUT2D eigenvalue weighted by Crippen LogP contribution is 2.32. The summed E-state index contributed by atoms with van der Waals surface area (Å²) >= 11 is 0. The Morgan fingerprint density at radius 2 is 1.71 bits per heavy atom. The van der Waals surface area contributed by atoms with Crippen molar-refractivity contribution in [1.82, 2.24) is 10.3 Å². The Kier molecular flexibility index (Phi) is 6.53. The highest BCUT2D eigenvalue weighted by Gasteiger charge is 2.30. The average Bonchev–Trinajstić information content (AvgIpc) is 3.12. The van der Waals surface area contributed by atoms with Crippen LogP contribution in [0.4, 0.5) is 13.2 Å². The number of H-pyrrole nitrogens is 1. The Morgan fingerprint density at radius 3 is 2.29 bits per heavy atom. The predicted octanol–water partition coefficient (Wildman–Crippen LogP) is 5.52. The van der Waals surface area contributed by atoms with Gasteiger partial charge in [0.15, 0.2) is 5.78 Å². The van der Waals surface area contributed by atoms with Gasteiger partial charge in [0.25, 0.3) is 0 Å². The minimum absolute atomic E-state index is 0.0377. The smallest absolute Gasteiger partial charge is 0.361 e. The number of carbonyl (C=O) groups excluding carboxylic acids is 2. The topological polar surface area (TPSA) is 62.0 Å². The zero-order chi connectivity index (χ0) is 22.8. The van der Waals surface area contributed by atoms with Crippen LogP contribution in [-0.4, -0.2) is 22.7 Å². The summed E-state index contributed by atoms with van der Waals surface area (Å²) in [7, 11) is 0. The molecule has 0 aliphatic carbocycles. The van der Waals surface area contributed by atoms with Crippen LogP contribution >= 0.6 is 0 Å². The Labute approximate surface area is 178 Å². The Balaban J connectivity index is 1.83. The van der Waals surface area contributed by atoms with E-state index in [2.05, 4.69) is 10.3 Å². The van der Waals surface area contributed by atoms with E-state index >= 15 is 0 Å². The standard InChI is InChI=1S/C24H25F3N2O2/c1-4-14(2)23(15(3)30)29-22(31)12-18-13-28-21-10-7-17(11-20(18)21)16-5-8-19(9-6-16)24(25,26)27/h5-11,13-14,23,28H,4,12H2,1-3H3,(H,29,31)/t14-,23-/m0/s1. The number of ketones is 1. The van der Waals surface area contributed by atoms with Crippen molar-refractivity contribution in [3.8, 4) is 11.1 Å². The molecule has 0 spiro atoms. The monoisotopic (exact) mass is 430 g/mol. The number of nitrogens with one attached hydrogen (secondary N) is 2. The zero-order valence-electron chi connectivity index (χ0n) is 17.6. The molecule has 0 saturated heterocycles. The van der Waals surface area contributed by atoms with E-state index in [1.165, 1.54) is 19.1 Å². The van der Waals surface area contributed by atoms with Crippen molar-refractivity contribution in [1.29, 1.82) is 0 Å². The number of hydrogen-bond donors (Lipinski definition) is 2. The van der Waals surface area contributed by atoms with E-state index < -0.39 is 17.8 Å². The van der Waals surface area contributed by atoms with Crippen molar-refractivity contribution in [2.45, 2.75) is 45.8 Å². The van der Waals surface area contributed by atoms with Gasteiger partial charge in [-0.15, -0.1) is 0 Å². The van der Waals surface area contributed by atoms with Gasteiger partial charge in [-0.1, -0.05) is 38.5 Å². The first-order valence-corrected chi connectivity index (χ1v) is 10.2. The molecule has 2 aromatic carbocycles. The van der Waals surface area contributed by atoms with Crippen LogP contribution in [0, 0.1) is 5.92 Å². The summed E-state index contributed by atoms with van der Waals surface area (Å²) in [4.78, 5) is 27.6. The number of halogens is 3. The van der Waals surface area contributed by atoms with E-state index in [-0.39, 0.29) is 24.0 Å². The van der Waals surface area contributed by atoms with Gasteiger partial charge in [0, 0.05) is 17.1 Å². The van der Waals surface area contributed by atoms with Crippen LogP contribution in [0.25, 0.3) is 22.0 Å². The van der Waals surface area contributed by atoms with Gasteiger partial charge in [0.05, 0.1) is 18.0 Å². The van der Waals surface area contributed by atoms with Gasteiger partial charge in [0.2, 0.25) is 5.91 Å². The second kappa shape index (κ2) is 8.96. The second-order valence-electron chi connectivity index (χ2n) is 7.87. The van der Waals surface area contributed by atoms with Gasteiger partial charge in [-0.05, 0) is 53.8 Å². The van der Waals surface area contributed by atoms with Gasteiger partial charge >= 0.3 is 6.18 Å². The highest BCUT2D eigenvalue weighted by molar-refractivity contribution is 5.93. The van der Waals surface area contributed by atoms with Crippen LogP contribution in [0.3, 0.4) is 0 Å². The number of hydrogen-bond acceptors (Lipinski definition) is 2. The molecule has 0 unspecified atom stereocenters. The van der Waals surface area contributed by atoms with Gasteiger partial charge in [0.1, 0.15) is 0 Å². The quantitative estimate of drug-likeness (QED) is 0.519. The molecule has 1 heterocycles. The molecule has 0 bridgehead atoms. The summed E-state index contributed by atoms with van der Waals surface area (Å²) in [5.74, 6) is -0.289. The van der Waals surface area contributed by atoms with Gasteiger partial charge < -0.3 is 10.3 Å². The molecule has 1 amide bonds. The van der Waals surface area contributed by atoms with Gasteiger partial charge in [-0.25, -0.2) is 0 Å². The molecule has 1 aromatic heterocycles. The predicted molar refractivity (Wildman–Crippen MR) is 115 cm³/mol. The van der Waals surface area contributed by atoms with Crippen molar-refractivity contribution < 1.29 is 22.8 Å². The van der Waals surface area contributed by atoms with Crippen LogP contribution in [0.2, 0.25) is 0 Å². The molecule has 7 heteroatoms. The molecule has 31 heavy (non-hydrogen) atoms. The first kappa shape index (κ1) is 22.6. The maximum Gasteiger partial charge on any atom is 0.416 e. The Bertz CT molecular complexity index is 1080. The molecule has 0 saturated carbocycles. The number of benzene rings is 2. The minimum Gasteiger partial charge on any atom is -0.361 e. The number of fused-ring (bicyclic) bond motifs is 1. The molecule has 0 aliphatic rings. The molecule has 0 radical (unpaired) electrons. The third kappa shape index (κ3) is 5.16. The number of carbonyl (C=O) groups is 2. The highest BCUT2D eigenvalue weighted by atomic mass is 19.4. The van der Waals surface area contributed by atoms with Crippen molar-refractivity contribution in [2.75, 3.05) is 0 Å². The minimum atomic E-state index is -4.38. The molecule has 2 N–H and O–H groups in total. The second-order valence-corrected chi connectivity index (χ2v) is 7.87. The lowest BCUT2D eigenvalue weighted by Crippen LogP contribution is -2.44. The molecular formula is C24H25F3N2O2. The lowest BCUT2D eigenvalue weighted by molar-refractivity contribution is -0.137. The van der Waals surface area contributed by atoms with Crippen LogP contribution in [0.1, 0.15) is 38.3 Å². The zero-order valence-corrected chi connectivity index (χ0v) is 17.6. The third-order valence-corrected chi connectivity index (χ3v) is 5.63. The number of rotatable bonds is 7. The number of amides is 1. The fourth-order valence-corrected chi connectivity index (χ4v) is 3.63. The third-order valence-electron chi connectivity index (χ3n) is 5.63. The lowest BCUT2D eigenvalue weighted by atomic mass is 9.95. The van der Waals surface area contributed by atoms with Gasteiger partial charge in [-0.3, -0.25) is 9.59 Å². The Morgan fingerprint density at radius 1 is 1.06 bits per heavy atom. The summed E-state index contributed by atoms with van der Waals surface area (Å²) in [5.41, 5.74) is 2.29. The first-order valence-electron chi connectivity index (χ1n) is 10.2. The summed E-state index contributed by atoms with van der Waals surface area (Å²) in [6, 6.07) is 9.98. The number of aromatic amines is 1. The molecule has 3 aromatic rings. The molecule has 4 nitrogen and oxygen atoms in total. The maximum atomic E-state index is 12.8. The summed E-state index contributed by atoms with van der Waals surface area (Å²) < 4.78 is 38.4. The molecular weight excluding hydrogens is 405 g/mol. The molecule has 164 valence electrons. The van der Waals surface area contributed by atoms with E-state index in [1.807, 2.05) is 32.0 Å². The fraction of sp³-hybridized carbons (Fsp3) is 0.333. The van der Waals surface area contributed by atoms with E-state index in [1.54, 1.807) is 6.20 Å². The van der Waals surface area contributed by atoms with Crippen molar-refractivity contribution >= 4 is 22.6 Å². The normalized spacial score (nSPS) is 13.7. The SMILES string of the molecule is CC[C@H](C)[C@H](NC(=O)Cc1c[nH]c2ccc(-c3ccc(C(F)(F)F)cc3)cc12)C(C)=O.